The summed E-state index contributed by atoms with van der Waals surface area (Å²) in [6, 6.07) is 9.07. The topological polar surface area (TPSA) is 51.2 Å². The number of esters is 1. The number of hydrogen-bond acceptors (Lipinski definition) is 4. The van der Waals surface area contributed by atoms with Gasteiger partial charge in [-0.15, -0.1) is 0 Å². The van der Waals surface area contributed by atoms with Crippen LogP contribution in [0.5, 0.6) is 0 Å². The van der Waals surface area contributed by atoms with Crippen LogP contribution in [0.15, 0.2) is 47.2 Å². The van der Waals surface area contributed by atoms with E-state index < -0.39 is 6.04 Å². The molecule has 0 aliphatic heterocycles. The van der Waals surface area contributed by atoms with Crippen LogP contribution in [0.25, 0.3) is 0 Å². The van der Waals surface area contributed by atoms with Crippen molar-refractivity contribution in [1.29, 1.82) is 0 Å². The summed E-state index contributed by atoms with van der Waals surface area (Å²) >= 11 is 3.36. The number of halogens is 1. The van der Waals surface area contributed by atoms with Crippen LogP contribution < -0.4 is 5.32 Å². The molecule has 0 fully saturated rings. The fraction of sp³-hybridized carbons (Fsp3) is 0.200. The Morgan fingerprint density at radius 2 is 2.15 bits per heavy atom. The number of methoxy groups -OCH3 is 1. The Labute approximate surface area is 126 Å². The van der Waals surface area contributed by atoms with Crippen molar-refractivity contribution in [3.63, 3.8) is 0 Å². The van der Waals surface area contributed by atoms with E-state index in [0.29, 0.717) is 0 Å². The van der Waals surface area contributed by atoms with Gasteiger partial charge in [0.2, 0.25) is 0 Å². The van der Waals surface area contributed by atoms with Crippen LogP contribution in [-0.2, 0) is 9.53 Å². The normalized spacial score (nSPS) is 11.8. The number of benzene rings is 1. The van der Waals surface area contributed by atoms with Crippen molar-refractivity contribution in [3.8, 4) is 0 Å². The van der Waals surface area contributed by atoms with E-state index in [9.17, 15) is 4.79 Å². The Morgan fingerprint density at radius 1 is 1.35 bits per heavy atom. The van der Waals surface area contributed by atoms with Gasteiger partial charge in [0.1, 0.15) is 0 Å². The van der Waals surface area contributed by atoms with Crippen LogP contribution in [0.3, 0.4) is 0 Å². The molecule has 4 nitrogen and oxygen atoms in total. The van der Waals surface area contributed by atoms with E-state index in [1.807, 2.05) is 37.3 Å². The molecule has 0 radical (unpaired) electrons. The summed E-state index contributed by atoms with van der Waals surface area (Å²) in [6.07, 6.45) is 3.32. The van der Waals surface area contributed by atoms with Crippen molar-refractivity contribution in [1.82, 2.24) is 4.98 Å². The maximum atomic E-state index is 12.0. The standard InChI is InChI=1S/C15H15BrN2O2/c1-10-4-3-5-13(6-10)18-14(15(19)20-2)11-7-12(16)9-17-8-11/h3-9,14,18H,1-2H3. The number of nitrogens with zero attached hydrogens (tertiary/aromatic N) is 1. The van der Waals surface area contributed by atoms with E-state index in [1.54, 1.807) is 12.4 Å². The summed E-state index contributed by atoms with van der Waals surface area (Å²) in [7, 11) is 1.37. The van der Waals surface area contributed by atoms with E-state index >= 15 is 0 Å². The lowest BCUT2D eigenvalue weighted by Crippen LogP contribution is -2.22. The molecule has 1 N–H and O–H groups in total. The zero-order valence-electron chi connectivity index (χ0n) is 11.3. The molecule has 1 unspecified atom stereocenters. The predicted octanol–water partition coefficient (Wildman–Crippen LogP) is 3.48. The number of aromatic nitrogens is 1. The minimum atomic E-state index is -0.591. The number of pyridine rings is 1. The molecule has 0 amide bonds. The first-order valence-electron chi connectivity index (χ1n) is 6.11. The van der Waals surface area contributed by atoms with Gasteiger partial charge in [-0.3, -0.25) is 4.98 Å². The molecule has 0 aliphatic rings. The van der Waals surface area contributed by atoms with Gasteiger partial charge < -0.3 is 10.1 Å². The fourth-order valence-electron chi connectivity index (χ4n) is 1.88. The first-order valence-corrected chi connectivity index (χ1v) is 6.91. The van der Waals surface area contributed by atoms with E-state index in [-0.39, 0.29) is 5.97 Å². The zero-order valence-corrected chi connectivity index (χ0v) is 12.8. The largest absolute Gasteiger partial charge is 0.467 e. The van der Waals surface area contributed by atoms with E-state index in [4.69, 9.17) is 4.74 Å². The van der Waals surface area contributed by atoms with Gasteiger partial charge in [-0.25, -0.2) is 4.79 Å². The van der Waals surface area contributed by atoms with Gasteiger partial charge in [0.25, 0.3) is 0 Å². The maximum absolute atomic E-state index is 12.0. The third-order valence-corrected chi connectivity index (χ3v) is 3.26. The summed E-state index contributed by atoms with van der Waals surface area (Å²) in [5.74, 6) is -0.355. The van der Waals surface area contributed by atoms with Crippen LogP contribution in [0.1, 0.15) is 17.2 Å². The van der Waals surface area contributed by atoms with Crippen molar-refractivity contribution < 1.29 is 9.53 Å². The quantitative estimate of drug-likeness (QED) is 0.869. The molecule has 0 bridgehead atoms. The second-order valence-corrected chi connectivity index (χ2v) is 5.32. The highest BCUT2D eigenvalue weighted by Gasteiger charge is 2.21. The summed E-state index contributed by atoms with van der Waals surface area (Å²) in [6.45, 7) is 2.00. The van der Waals surface area contributed by atoms with E-state index in [1.165, 1.54) is 7.11 Å². The molecule has 0 aliphatic carbocycles. The SMILES string of the molecule is COC(=O)C(Nc1cccc(C)c1)c1cncc(Br)c1. The third-order valence-electron chi connectivity index (χ3n) is 2.83. The molecule has 1 aromatic carbocycles. The molecule has 1 heterocycles. The fourth-order valence-corrected chi connectivity index (χ4v) is 2.27. The molecule has 2 rings (SSSR count). The highest BCUT2D eigenvalue weighted by atomic mass is 79.9. The van der Waals surface area contributed by atoms with Gasteiger partial charge in [0.05, 0.1) is 7.11 Å². The summed E-state index contributed by atoms with van der Waals surface area (Å²) in [5.41, 5.74) is 2.72. The summed E-state index contributed by atoms with van der Waals surface area (Å²) in [4.78, 5) is 16.1. The highest BCUT2D eigenvalue weighted by molar-refractivity contribution is 9.10. The molecule has 2 aromatic rings. The number of rotatable bonds is 4. The van der Waals surface area contributed by atoms with Crippen molar-refractivity contribution in [2.45, 2.75) is 13.0 Å². The molecule has 104 valence electrons. The van der Waals surface area contributed by atoms with Gasteiger partial charge in [-0.05, 0) is 46.6 Å². The smallest absolute Gasteiger partial charge is 0.333 e. The van der Waals surface area contributed by atoms with Crippen LogP contribution in [0, 0.1) is 6.92 Å². The van der Waals surface area contributed by atoms with Crippen LogP contribution in [-0.4, -0.2) is 18.1 Å². The minimum Gasteiger partial charge on any atom is -0.467 e. The van der Waals surface area contributed by atoms with Crippen LogP contribution in [0.4, 0.5) is 5.69 Å². The Kier molecular flexibility index (Phi) is 4.74. The lowest BCUT2D eigenvalue weighted by molar-refractivity contribution is -0.141. The van der Waals surface area contributed by atoms with Gasteiger partial charge in [0, 0.05) is 28.1 Å². The van der Waals surface area contributed by atoms with Crippen molar-refractivity contribution in [3.05, 3.63) is 58.3 Å². The third kappa shape index (κ3) is 3.57. The highest BCUT2D eigenvalue weighted by Crippen LogP contribution is 2.23. The molecule has 0 saturated heterocycles. The number of nitrogens with one attached hydrogen (secondary N) is 1. The lowest BCUT2D eigenvalue weighted by Gasteiger charge is -2.18. The Morgan fingerprint density at radius 3 is 2.80 bits per heavy atom. The Bertz CT molecular complexity index is 616. The minimum absolute atomic E-state index is 0.355. The summed E-state index contributed by atoms with van der Waals surface area (Å²) < 4.78 is 5.68. The van der Waals surface area contributed by atoms with Gasteiger partial charge in [0.15, 0.2) is 6.04 Å². The van der Waals surface area contributed by atoms with E-state index in [2.05, 4.69) is 26.2 Å². The average Bonchev–Trinajstić information content (AvgIpc) is 2.44. The zero-order chi connectivity index (χ0) is 14.5. The first-order chi connectivity index (χ1) is 9.60. The second kappa shape index (κ2) is 6.52. The molecule has 5 heteroatoms. The molecular weight excluding hydrogens is 320 g/mol. The van der Waals surface area contributed by atoms with Crippen molar-refractivity contribution in [2.75, 3.05) is 12.4 Å². The Balaban J connectivity index is 2.31. The number of ether oxygens (including phenoxy) is 1. The van der Waals surface area contributed by atoms with Crippen molar-refractivity contribution in [2.24, 2.45) is 0 Å². The van der Waals surface area contributed by atoms with E-state index in [0.717, 1.165) is 21.3 Å². The maximum Gasteiger partial charge on any atom is 0.333 e. The summed E-state index contributed by atoms with van der Waals surface area (Å²) in [5, 5.41) is 3.18. The number of anilines is 1. The number of aryl methyl sites for hydroxylation is 1. The predicted molar refractivity (Wildman–Crippen MR) is 81.5 cm³/mol. The number of hydrogen-bond donors (Lipinski definition) is 1. The molecule has 20 heavy (non-hydrogen) atoms. The van der Waals surface area contributed by atoms with Gasteiger partial charge in [-0.1, -0.05) is 12.1 Å². The first kappa shape index (κ1) is 14.5. The average molecular weight is 335 g/mol. The molecule has 1 atom stereocenters. The van der Waals surface area contributed by atoms with Gasteiger partial charge in [-0.2, -0.15) is 0 Å². The van der Waals surface area contributed by atoms with Crippen LogP contribution in [0.2, 0.25) is 0 Å². The number of carbonyl (C=O) groups is 1. The van der Waals surface area contributed by atoms with Gasteiger partial charge >= 0.3 is 5.97 Å². The number of carbonyl (C=O) groups excluding carboxylic acids is 1. The van der Waals surface area contributed by atoms with Crippen molar-refractivity contribution >= 4 is 27.6 Å². The second-order valence-electron chi connectivity index (χ2n) is 4.41. The molecular formula is C15H15BrN2O2. The van der Waals surface area contributed by atoms with Crippen LogP contribution >= 0.6 is 15.9 Å². The molecule has 0 spiro atoms. The Hall–Kier alpha value is -1.88. The monoisotopic (exact) mass is 334 g/mol. The lowest BCUT2D eigenvalue weighted by atomic mass is 10.1. The molecule has 0 saturated carbocycles. The molecule has 1 aromatic heterocycles.